The molecule has 0 atom stereocenters. The highest BCUT2D eigenvalue weighted by atomic mass is 32.2. The summed E-state index contributed by atoms with van der Waals surface area (Å²) in [5.74, 6) is 0. The Morgan fingerprint density at radius 3 is 1.22 bits per heavy atom. The minimum absolute atomic E-state index is 0.0860. The van der Waals surface area contributed by atoms with Crippen molar-refractivity contribution in [2.75, 3.05) is 0 Å². The minimum atomic E-state index is -3.94. The number of hydrogen-bond donors (Lipinski definition) is 0. The van der Waals surface area contributed by atoms with Crippen LogP contribution in [-0.2, 0) is 20.0 Å². The summed E-state index contributed by atoms with van der Waals surface area (Å²) in [5.41, 5.74) is 3.29. The molecule has 32 heavy (non-hydrogen) atoms. The number of allylic oxidation sites excluding steroid dienone is 2. The molecule has 162 valence electrons. The standard InChI is InChI=1S/C24H20N2O4S2/c1-17-7-11-19(12-8-17)31(27,28)25-23-15-16-24(22-6-4-3-5-21(22)23)26-32(29,30)20-13-9-18(2)10-14-20/h3-16H,1-2H3/b25-23-,26-24+. The van der Waals surface area contributed by atoms with Crippen LogP contribution in [0.4, 0.5) is 0 Å². The van der Waals surface area contributed by atoms with E-state index < -0.39 is 20.0 Å². The van der Waals surface area contributed by atoms with Gasteiger partial charge in [0.2, 0.25) is 0 Å². The van der Waals surface area contributed by atoms with Crippen LogP contribution < -0.4 is 0 Å². The van der Waals surface area contributed by atoms with Crippen molar-refractivity contribution in [1.82, 2.24) is 0 Å². The van der Waals surface area contributed by atoms with Crippen molar-refractivity contribution in [3.05, 3.63) is 107 Å². The number of nitrogens with zero attached hydrogens (tertiary/aromatic N) is 2. The van der Waals surface area contributed by atoms with Gasteiger partial charge in [0.1, 0.15) is 0 Å². The predicted molar refractivity (Wildman–Crippen MR) is 125 cm³/mol. The van der Waals surface area contributed by atoms with Gasteiger partial charge in [-0.15, -0.1) is 0 Å². The Morgan fingerprint density at radius 2 is 0.875 bits per heavy atom. The predicted octanol–water partition coefficient (Wildman–Crippen LogP) is 4.23. The van der Waals surface area contributed by atoms with Crippen LogP contribution in [0.2, 0.25) is 0 Å². The molecule has 0 saturated carbocycles. The largest absolute Gasteiger partial charge is 0.282 e. The monoisotopic (exact) mass is 464 g/mol. The summed E-state index contributed by atoms with van der Waals surface area (Å²) in [6.07, 6.45) is 2.94. The van der Waals surface area contributed by atoms with Crippen molar-refractivity contribution in [2.45, 2.75) is 23.6 Å². The van der Waals surface area contributed by atoms with Crippen molar-refractivity contribution in [3.8, 4) is 0 Å². The average Bonchev–Trinajstić information content (AvgIpc) is 2.76. The summed E-state index contributed by atoms with van der Waals surface area (Å²) >= 11 is 0. The fourth-order valence-electron chi connectivity index (χ4n) is 3.21. The number of aryl methyl sites for hydroxylation is 2. The van der Waals surface area contributed by atoms with Gasteiger partial charge < -0.3 is 0 Å². The van der Waals surface area contributed by atoms with Crippen molar-refractivity contribution in [1.29, 1.82) is 0 Å². The maximum atomic E-state index is 12.8. The lowest BCUT2D eigenvalue weighted by Gasteiger charge is -2.15. The second-order valence-corrected chi connectivity index (χ2v) is 10.6. The van der Waals surface area contributed by atoms with E-state index in [4.69, 9.17) is 0 Å². The van der Waals surface area contributed by atoms with E-state index in [1.165, 1.54) is 36.4 Å². The second-order valence-electron chi connectivity index (χ2n) is 7.41. The number of rotatable bonds is 4. The molecule has 4 rings (SSSR count). The molecule has 0 amide bonds. The molecule has 0 aliphatic heterocycles. The van der Waals surface area contributed by atoms with E-state index in [-0.39, 0.29) is 21.2 Å². The van der Waals surface area contributed by atoms with E-state index >= 15 is 0 Å². The number of benzene rings is 3. The van der Waals surface area contributed by atoms with Crippen LogP contribution >= 0.6 is 0 Å². The Labute approximate surface area is 187 Å². The number of hydrogen-bond acceptors (Lipinski definition) is 4. The van der Waals surface area contributed by atoms with Gasteiger partial charge in [-0.3, -0.25) is 0 Å². The second kappa shape index (κ2) is 8.29. The van der Waals surface area contributed by atoms with E-state index in [1.54, 1.807) is 48.5 Å². The third-order valence-electron chi connectivity index (χ3n) is 4.95. The molecule has 1 aliphatic rings. The third-order valence-corrected chi connectivity index (χ3v) is 7.56. The maximum Gasteiger partial charge on any atom is 0.282 e. The first-order valence-electron chi connectivity index (χ1n) is 9.77. The van der Waals surface area contributed by atoms with Gasteiger partial charge in [-0.2, -0.15) is 25.6 Å². The zero-order valence-corrected chi connectivity index (χ0v) is 19.1. The van der Waals surface area contributed by atoms with Gasteiger partial charge in [0.15, 0.2) is 0 Å². The SMILES string of the molecule is Cc1ccc(S(=O)(=O)/N=C2C=C/C(=N\S(=O)(=O)c3ccc(C)cc3)c3ccccc3/2)cc1. The zero-order chi connectivity index (χ0) is 22.9. The summed E-state index contributed by atoms with van der Waals surface area (Å²) in [6.45, 7) is 3.74. The van der Waals surface area contributed by atoms with Gasteiger partial charge in [-0.1, -0.05) is 59.7 Å². The van der Waals surface area contributed by atoms with Gasteiger partial charge >= 0.3 is 0 Å². The van der Waals surface area contributed by atoms with Crippen LogP contribution in [0.3, 0.4) is 0 Å². The Bertz CT molecular complexity index is 1370. The summed E-state index contributed by atoms with van der Waals surface area (Å²) in [6, 6.07) is 19.7. The molecule has 0 N–H and O–H groups in total. The highest BCUT2D eigenvalue weighted by Gasteiger charge is 2.22. The number of fused-ring (bicyclic) bond motifs is 1. The van der Waals surface area contributed by atoms with Crippen molar-refractivity contribution < 1.29 is 16.8 Å². The molecule has 0 spiro atoms. The van der Waals surface area contributed by atoms with E-state index in [0.717, 1.165) is 11.1 Å². The first kappa shape index (κ1) is 21.9. The lowest BCUT2D eigenvalue weighted by molar-refractivity contribution is 0.596. The van der Waals surface area contributed by atoms with Crippen molar-refractivity contribution in [2.24, 2.45) is 8.80 Å². The van der Waals surface area contributed by atoms with Crippen molar-refractivity contribution >= 4 is 31.5 Å². The summed E-state index contributed by atoms with van der Waals surface area (Å²) < 4.78 is 59.2. The maximum absolute atomic E-state index is 12.8. The van der Waals surface area contributed by atoms with Crippen LogP contribution in [0.25, 0.3) is 0 Å². The van der Waals surface area contributed by atoms with E-state index in [2.05, 4.69) is 8.80 Å². The normalized spacial score (nSPS) is 16.3. The molecule has 3 aromatic carbocycles. The topological polar surface area (TPSA) is 93.0 Å². The Morgan fingerprint density at radius 1 is 0.531 bits per heavy atom. The first-order chi connectivity index (χ1) is 15.2. The lowest BCUT2D eigenvalue weighted by atomic mass is 9.94. The van der Waals surface area contributed by atoms with E-state index in [9.17, 15) is 16.8 Å². The van der Waals surface area contributed by atoms with Gasteiger partial charge in [-0.25, -0.2) is 0 Å². The molecule has 0 fully saturated rings. The molecule has 8 heteroatoms. The van der Waals surface area contributed by atoms with Gasteiger partial charge in [0, 0.05) is 11.1 Å². The van der Waals surface area contributed by atoms with Crippen LogP contribution in [0.15, 0.2) is 104 Å². The van der Waals surface area contributed by atoms with Gasteiger partial charge in [0.05, 0.1) is 21.2 Å². The molecule has 3 aromatic rings. The Hall–Kier alpha value is -3.36. The number of sulfonamides is 2. The molecule has 6 nitrogen and oxygen atoms in total. The molecule has 0 unspecified atom stereocenters. The lowest BCUT2D eigenvalue weighted by Crippen LogP contribution is -2.16. The van der Waals surface area contributed by atoms with E-state index in [1.807, 2.05) is 13.8 Å². The third kappa shape index (κ3) is 4.46. The zero-order valence-electron chi connectivity index (χ0n) is 17.4. The van der Waals surface area contributed by atoms with Crippen LogP contribution in [-0.4, -0.2) is 28.3 Å². The van der Waals surface area contributed by atoms with Crippen molar-refractivity contribution in [3.63, 3.8) is 0 Å². The summed E-state index contributed by atoms with van der Waals surface area (Å²) in [7, 11) is -7.88. The molecule has 0 aromatic heterocycles. The van der Waals surface area contributed by atoms with Crippen LogP contribution in [0.1, 0.15) is 22.3 Å². The molecule has 1 aliphatic carbocycles. The summed E-state index contributed by atoms with van der Waals surface area (Å²) in [4.78, 5) is 0.172. The molecule has 0 radical (unpaired) electrons. The van der Waals surface area contributed by atoms with Crippen LogP contribution in [0, 0.1) is 13.8 Å². The van der Waals surface area contributed by atoms with Gasteiger partial charge in [-0.05, 0) is 50.3 Å². The minimum Gasteiger partial charge on any atom is -0.199 e. The quantitative estimate of drug-likeness (QED) is 0.578. The smallest absolute Gasteiger partial charge is 0.199 e. The molecule has 0 bridgehead atoms. The van der Waals surface area contributed by atoms with Crippen LogP contribution in [0.5, 0.6) is 0 Å². The molecular formula is C24H20N2O4S2. The molecular weight excluding hydrogens is 444 g/mol. The summed E-state index contributed by atoms with van der Waals surface area (Å²) in [5, 5.41) is 0. The van der Waals surface area contributed by atoms with Gasteiger partial charge in [0.25, 0.3) is 20.0 Å². The first-order valence-corrected chi connectivity index (χ1v) is 12.6. The van der Waals surface area contributed by atoms with E-state index in [0.29, 0.717) is 11.1 Å². The molecule has 0 heterocycles. The Kier molecular flexibility index (Phi) is 5.66. The highest BCUT2D eigenvalue weighted by molar-refractivity contribution is 7.90. The average molecular weight is 465 g/mol. The fraction of sp³-hybridized carbons (Fsp3) is 0.0833. The highest BCUT2D eigenvalue weighted by Crippen LogP contribution is 2.23. The Balaban J connectivity index is 1.78. The molecule has 0 saturated heterocycles. The fourth-order valence-corrected chi connectivity index (χ4v) is 5.22.